The Bertz CT molecular complexity index is 453. The molecule has 1 unspecified atom stereocenters. The van der Waals surface area contributed by atoms with Crippen molar-refractivity contribution < 1.29 is 19.1 Å². The second kappa shape index (κ2) is 7.00. The molecule has 0 aliphatic heterocycles. The van der Waals surface area contributed by atoms with E-state index in [1.54, 1.807) is 19.1 Å². The molecule has 0 radical (unpaired) electrons. The molecule has 0 aromatic carbocycles. The molecule has 98 valence electrons. The van der Waals surface area contributed by atoms with Gasteiger partial charge in [-0.25, -0.2) is 0 Å². The highest BCUT2D eigenvalue weighted by Gasteiger charge is 2.14. The van der Waals surface area contributed by atoms with Gasteiger partial charge in [0.1, 0.15) is 5.76 Å². The summed E-state index contributed by atoms with van der Waals surface area (Å²) in [5.41, 5.74) is 0. The predicted octanol–water partition coefficient (Wildman–Crippen LogP) is 2.28. The Hall–Kier alpha value is -1.56. The summed E-state index contributed by atoms with van der Waals surface area (Å²) in [5.74, 6) is -1.26. The molecular weight excluding hydrogens is 302 g/mol. The van der Waals surface area contributed by atoms with Gasteiger partial charge in [-0.3, -0.25) is 9.59 Å². The van der Waals surface area contributed by atoms with Crippen LogP contribution in [0.25, 0.3) is 6.08 Å². The molecule has 0 fully saturated rings. The quantitative estimate of drug-likeness (QED) is 0.789. The number of rotatable bonds is 6. The summed E-state index contributed by atoms with van der Waals surface area (Å²) in [6, 6.07) is 3.43. The number of carbonyl (C=O) groups is 2. The van der Waals surface area contributed by atoms with E-state index in [0.717, 1.165) is 0 Å². The largest absolute Gasteiger partial charge is 0.481 e. The summed E-state index contributed by atoms with van der Waals surface area (Å²) in [6.07, 6.45) is 3.30. The smallest absolute Gasteiger partial charge is 0.308 e. The molecule has 0 saturated heterocycles. The van der Waals surface area contributed by atoms with Crippen molar-refractivity contribution in [2.45, 2.75) is 13.3 Å². The van der Waals surface area contributed by atoms with E-state index in [1.165, 1.54) is 12.2 Å². The lowest BCUT2D eigenvalue weighted by Crippen LogP contribution is -2.31. The van der Waals surface area contributed by atoms with Gasteiger partial charge in [0, 0.05) is 12.6 Å². The molecule has 1 heterocycles. The first-order valence-corrected chi connectivity index (χ1v) is 6.26. The van der Waals surface area contributed by atoms with Crippen LogP contribution in [0.3, 0.4) is 0 Å². The molecule has 2 N–H and O–H groups in total. The van der Waals surface area contributed by atoms with E-state index in [9.17, 15) is 9.59 Å². The molecule has 1 amide bonds. The van der Waals surface area contributed by atoms with Gasteiger partial charge in [0.15, 0.2) is 4.67 Å². The van der Waals surface area contributed by atoms with Gasteiger partial charge in [-0.05, 0) is 40.6 Å². The number of halogens is 1. The van der Waals surface area contributed by atoms with Crippen molar-refractivity contribution in [3.8, 4) is 0 Å². The maximum atomic E-state index is 11.4. The first kappa shape index (κ1) is 14.5. The summed E-state index contributed by atoms with van der Waals surface area (Å²) in [7, 11) is 0. The first-order chi connectivity index (χ1) is 8.52. The van der Waals surface area contributed by atoms with E-state index < -0.39 is 11.9 Å². The van der Waals surface area contributed by atoms with Crippen LogP contribution in [0.2, 0.25) is 0 Å². The third-order valence-corrected chi connectivity index (χ3v) is 2.78. The van der Waals surface area contributed by atoms with E-state index in [0.29, 0.717) is 16.9 Å². The van der Waals surface area contributed by atoms with Crippen LogP contribution in [0.1, 0.15) is 19.1 Å². The number of hydrogen-bond acceptors (Lipinski definition) is 3. The number of nitrogens with one attached hydrogen (secondary N) is 1. The van der Waals surface area contributed by atoms with Crippen LogP contribution in [0.4, 0.5) is 0 Å². The fourth-order valence-electron chi connectivity index (χ4n) is 1.26. The second-order valence-electron chi connectivity index (χ2n) is 3.66. The van der Waals surface area contributed by atoms with E-state index in [-0.39, 0.29) is 12.5 Å². The Balaban J connectivity index is 2.42. The van der Waals surface area contributed by atoms with Gasteiger partial charge in [-0.15, -0.1) is 0 Å². The Morgan fingerprint density at radius 1 is 1.56 bits per heavy atom. The lowest BCUT2D eigenvalue weighted by Gasteiger charge is -2.09. The number of aliphatic carboxylic acids is 1. The van der Waals surface area contributed by atoms with E-state index in [4.69, 9.17) is 9.52 Å². The van der Waals surface area contributed by atoms with Crippen molar-refractivity contribution in [1.82, 2.24) is 5.32 Å². The zero-order valence-electron chi connectivity index (χ0n) is 9.85. The molecule has 18 heavy (non-hydrogen) atoms. The van der Waals surface area contributed by atoms with Gasteiger partial charge in [0.2, 0.25) is 5.91 Å². The van der Waals surface area contributed by atoms with Crippen molar-refractivity contribution in [2.75, 3.05) is 6.54 Å². The molecule has 6 heteroatoms. The minimum Gasteiger partial charge on any atom is -0.481 e. The Morgan fingerprint density at radius 3 is 2.78 bits per heavy atom. The Kier molecular flexibility index (Phi) is 5.64. The van der Waals surface area contributed by atoms with E-state index >= 15 is 0 Å². The zero-order valence-corrected chi connectivity index (χ0v) is 11.4. The van der Waals surface area contributed by atoms with E-state index in [1.807, 2.05) is 0 Å². The fraction of sp³-hybridized carbons (Fsp3) is 0.333. The number of furan rings is 1. The highest BCUT2D eigenvalue weighted by Crippen LogP contribution is 2.14. The van der Waals surface area contributed by atoms with Crippen molar-refractivity contribution >= 4 is 33.9 Å². The summed E-state index contributed by atoms with van der Waals surface area (Å²) in [6.45, 7) is 1.89. The molecular formula is C12H14BrNO4. The maximum Gasteiger partial charge on any atom is 0.308 e. The molecule has 1 aromatic rings. The van der Waals surface area contributed by atoms with Crippen molar-refractivity contribution in [3.05, 3.63) is 28.6 Å². The van der Waals surface area contributed by atoms with Gasteiger partial charge in [-0.2, -0.15) is 0 Å². The van der Waals surface area contributed by atoms with Gasteiger partial charge in [-0.1, -0.05) is 6.92 Å². The predicted molar refractivity (Wildman–Crippen MR) is 69.9 cm³/mol. The lowest BCUT2D eigenvalue weighted by atomic mass is 10.1. The average molecular weight is 316 g/mol. The standard InChI is InChI=1S/C12H14BrNO4/c1-2-8(12(16)17)7-14-11(15)6-4-9-3-5-10(13)18-9/h3-6,8H,2,7H2,1H3,(H,14,15)(H,16,17). The van der Waals surface area contributed by atoms with Crippen LogP contribution in [-0.4, -0.2) is 23.5 Å². The SMILES string of the molecule is CCC(CNC(=O)C=Cc1ccc(Br)o1)C(=O)O. The topological polar surface area (TPSA) is 79.5 Å². The maximum absolute atomic E-state index is 11.4. The summed E-state index contributed by atoms with van der Waals surface area (Å²) >= 11 is 3.15. The fourth-order valence-corrected chi connectivity index (χ4v) is 1.58. The summed E-state index contributed by atoms with van der Waals surface area (Å²) in [5, 5.41) is 11.3. The van der Waals surface area contributed by atoms with Crippen LogP contribution < -0.4 is 5.32 Å². The Morgan fingerprint density at radius 2 is 2.28 bits per heavy atom. The van der Waals surface area contributed by atoms with Crippen molar-refractivity contribution in [2.24, 2.45) is 5.92 Å². The minimum absolute atomic E-state index is 0.122. The average Bonchev–Trinajstić information content (AvgIpc) is 2.73. The molecule has 1 atom stereocenters. The third-order valence-electron chi connectivity index (χ3n) is 2.36. The minimum atomic E-state index is -0.906. The molecule has 0 spiro atoms. The molecule has 0 aliphatic rings. The van der Waals surface area contributed by atoms with Crippen LogP contribution in [0, 0.1) is 5.92 Å². The molecule has 0 aliphatic carbocycles. The van der Waals surface area contributed by atoms with Crippen LogP contribution in [-0.2, 0) is 9.59 Å². The van der Waals surface area contributed by atoms with E-state index in [2.05, 4.69) is 21.2 Å². The molecule has 1 rings (SSSR count). The zero-order chi connectivity index (χ0) is 13.5. The van der Waals surface area contributed by atoms with Gasteiger partial charge in [0.05, 0.1) is 5.92 Å². The van der Waals surface area contributed by atoms with Gasteiger partial charge in [0.25, 0.3) is 0 Å². The molecule has 0 bridgehead atoms. The van der Waals surface area contributed by atoms with Crippen LogP contribution in [0.15, 0.2) is 27.3 Å². The number of carboxylic acids is 1. The Labute approximate surface area is 113 Å². The highest BCUT2D eigenvalue weighted by atomic mass is 79.9. The van der Waals surface area contributed by atoms with Crippen molar-refractivity contribution in [3.63, 3.8) is 0 Å². The third kappa shape index (κ3) is 4.75. The normalized spacial score (nSPS) is 12.6. The first-order valence-electron chi connectivity index (χ1n) is 5.47. The summed E-state index contributed by atoms with van der Waals surface area (Å²) < 4.78 is 5.76. The van der Waals surface area contributed by atoms with Crippen LogP contribution in [0.5, 0.6) is 0 Å². The second-order valence-corrected chi connectivity index (χ2v) is 4.45. The monoisotopic (exact) mass is 315 g/mol. The molecule has 5 nitrogen and oxygen atoms in total. The number of amides is 1. The van der Waals surface area contributed by atoms with Gasteiger partial charge < -0.3 is 14.8 Å². The summed E-state index contributed by atoms with van der Waals surface area (Å²) in [4.78, 5) is 22.2. The number of carboxylic acid groups (broad SMARTS) is 1. The van der Waals surface area contributed by atoms with Crippen LogP contribution >= 0.6 is 15.9 Å². The number of carbonyl (C=O) groups excluding carboxylic acids is 1. The lowest BCUT2D eigenvalue weighted by molar-refractivity contribution is -0.141. The molecule has 1 aromatic heterocycles. The van der Waals surface area contributed by atoms with Crippen molar-refractivity contribution in [1.29, 1.82) is 0 Å². The molecule has 0 saturated carbocycles. The number of hydrogen-bond donors (Lipinski definition) is 2. The highest BCUT2D eigenvalue weighted by molar-refractivity contribution is 9.10. The van der Waals surface area contributed by atoms with Gasteiger partial charge >= 0.3 is 5.97 Å².